The van der Waals surface area contributed by atoms with Crippen LogP contribution in [0.4, 0.5) is 0 Å². The molecule has 3 rings (SSSR count). The zero-order valence-corrected chi connectivity index (χ0v) is 71.5. The Hall–Kier alpha value is 1.32. The molecule has 504 valence electrons. The Morgan fingerprint density at radius 3 is 1.08 bits per heavy atom. The van der Waals surface area contributed by atoms with Crippen molar-refractivity contribution in [2.45, 2.75) is 359 Å². The van der Waals surface area contributed by atoms with Gasteiger partial charge in [-0.25, -0.2) is 0 Å². The molecule has 0 saturated carbocycles. The summed E-state index contributed by atoms with van der Waals surface area (Å²) < 4.78 is 66.4. The van der Waals surface area contributed by atoms with E-state index in [4.69, 9.17) is 40.8 Å². The number of halogens is 2. The van der Waals surface area contributed by atoms with Crippen LogP contribution in [0.3, 0.4) is 0 Å². The Morgan fingerprint density at radius 2 is 0.800 bits per heavy atom. The minimum Gasteiger partial charge on any atom is -0.411 e. The second kappa shape index (κ2) is 34.6. The number of hydrogen-bond donors (Lipinski definition) is 1. The molecule has 3 saturated heterocycles. The molecule has 85 heavy (non-hydrogen) atoms. The van der Waals surface area contributed by atoms with Crippen LogP contribution in [0.2, 0.25) is 109 Å². The Morgan fingerprint density at radius 1 is 0.494 bits per heavy atom. The lowest BCUT2D eigenvalue weighted by atomic mass is 9.84. The molecule has 0 bridgehead atoms. The third kappa shape index (κ3) is 25.5. The van der Waals surface area contributed by atoms with Gasteiger partial charge in [0.1, 0.15) is 30.5 Å². The van der Waals surface area contributed by atoms with Gasteiger partial charge in [0.05, 0.1) is 36.6 Å². The Labute approximate surface area is 560 Å². The van der Waals surface area contributed by atoms with Crippen LogP contribution in [0.25, 0.3) is 0 Å². The molecule has 3 aliphatic rings. The van der Waals surface area contributed by atoms with Gasteiger partial charge in [-0.1, -0.05) is 203 Å². The maximum absolute atomic E-state index is 11.9. The number of allylic oxidation sites excluding steroid dienone is 1. The van der Waals surface area contributed by atoms with E-state index in [1.54, 1.807) is 0 Å². The van der Waals surface area contributed by atoms with Crippen molar-refractivity contribution in [2.24, 2.45) is 5.92 Å². The van der Waals surface area contributed by atoms with Crippen molar-refractivity contribution in [3.63, 3.8) is 0 Å². The quantitative estimate of drug-likeness (QED) is 0.0640. The van der Waals surface area contributed by atoms with Gasteiger partial charge >= 0.3 is 0 Å². The number of ether oxygens (including phenoxy) is 3. The first-order chi connectivity index (χ1) is 38.2. The summed E-state index contributed by atoms with van der Waals surface area (Å²) in [5.41, 5.74) is 0. The van der Waals surface area contributed by atoms with E-state index in [9.17, 15) is 5.11 Å². The molecular weight excluding hydrogens is 1390 g/mol. The van der Waals surface area contributed by atoms with E-state index in [1.165, 1.54) is 12.8 Å². The van der Waals surface area contributed by atoms with Crippen LogP contribution >= 0.6 is 45.2 Å². The average molecular weight is 1530 g/mol. The summed E-state index contributed by atoms with van der Waals surface area (Å²) in [5, 5.41) is 12.2. The molecule has 0 radical (unpaired) electrons. The van der Waals surface area contributed by atoms with Gasteiger partial charge in [0, 0.05) is 19.1 Å². The standard InChI is InChI=1S/C31H65IO4Si3.C30H61IO5Si3.C4H8O.C2H4/c1-18-19-20-24-23(2)26(35-38(14,15)30(6,7)8)28(36-39(16,17)31(9,10)11)27(33-24)25(21-22-32)34-37(12,13)29(3,4)5;1-17-18-19-22-24(32)26(35-38(13,14)29(5,6)7)27(36-39(15,16)30(8,9)10)25(33-22)23(20-21-31)34-37(11,12)28(2,3)4;1-2-4-5-3-1;1-2/h21-28H,18-20H2,1-17H3;17,20-27,32H,1,18-19H2,2-16H3;1-4H2;1-2H2/b22-21+;21-20+;;/t23-,24-,25-,26-,27-,28-;22-,23-,24-,25-,26-,27+;;/m00../s1. The number of aliphatic hydroxyl groups excluding tert-OH is 1. The summed E-state index contributed by atoms with van der Waals surface area (Å²) in [5.74, 6) is 0.244. The second-order valence-electron chi connectivity index (χ2n) is 33.6. The van der Waals surface area contributed by atoms with E-state index in [0.717, 1.165) is 38.9 Å². The topological polar surface area (TPSA) is 103 Å². The number of hydrogen-bond acceptors (Lipinski definition) is 10. The Bertz CT molecular complexity index is 1980. The monoisotopic (exact) mass is 1520 g/mol. The summed E-state index contributed by atoms with van der Waals surface area (Å²) in [6, 6.07) is 0. The van der Waals surface area contributed by atoms with Crippen LogP contribution in [-0.4, -0.2) is 135 Å². The molecule has 3 aliphatic heterocycles. The molecule has 10 nitrogen and oxygen atoms in total. The van der Waals surface area contributed by atoms with Gasteiger partial charge in [-0.3, -0.25) is 0 Å². The fourth-order valence-electron chi connectivity index (χ4n) is 8.61. The summed E-state index contributed by atoms with van der Waals surface area (Å²) in [6.45, 7) is 85.4. The van der Waals surface area contributed by atoms with Gasteiger partial charge in [0.15, 0.2) is 49.9 Å². The van der Waals surface area contributed by atoms with E-state index >= 15 is 0 Å². The van der Waals surface area contributed by atoms with Crippen LogP contribution in [0.15, 0.2) is 46.1 Å². The highest BCUT2D eigenvalue weighted by molar-refractivity contribution is 14.1. The predicted molar refractivity (Wildman–Crippen MR) is 401 cm³/mol. The maximum atomic E-state index is 11.9. The Balaban J connectivity index is 0.00000149. The SMILES string of the molecule is C1CCOC1.C=C.C=CCC[C@@H]1O[C@@H]([C@H](/C=C/I)O[Si](C)(C)C(C)(C)C)[C@@H](O[Si](C)(C)C(C)(C)C)[C@@H](O[Si](C)(C)C(C)(C)C)[C@H]1O.CCCC[C@@H]1O[C@@H]([C@H](/C=C/I)O[Si](C)(C)C(C)(C)C)[C@@H](O[Si](C)(C)C(C)(C)C)[C@@H](O[Si](C)(C)C(C)(C)C)[C@H]1C. The van der Waals surface area contributed by atoms with Crippen molar-refractivity contribution in [2.75, 3.05) is 13.2 Å². The molecule has 18 heteroatoms. The smallest absolute Gasteiger partial charge is 0.193 e. The lowest BCUT2D eigenvalue weighted by Gasteiger charge is -2.54. The molecule has 3 fully saturated rings. The highest BCUT2D eigenvalue weighted by atomic mass is 127. The van der Waals surface area contributed by atoms with Crippen LogP contribution in [0.1, 0.15) is 183 Å². The lowest BCUT2D eigenvalue weighted by Crippen LogP contribution is -2.67. The fourth-order valence-corrected chi connectivity index (χ4v) is 17.2. The lowest BCUT2D eigenvalue weighted by molar-refractivity contribution is -0.229. The van der Waals surface area contributed by atoms with Crippen LogP contribution in [0, 0.1) is 5.92 Å². The summed E-state index contributed by atoms with van der Waals surface area (Å²) in [4.78, 5) is 0. The molecular formula is C67H138I2O10Si6. The maximum Gasteiger partial charge on any atom is 0.193 e. The molecule has 0 aliphatic carbocycles. The first-order valence-electron chi connectivity index (χ1n) is 32.4. The van der Waals surface area contributed by atoms with Crippen LogP contribution in [-0.2, 0) is 40.8 Å². The second-order valence-corrected chi connectivity index (χ2v) is 63.6. The zero-order chi connectivity index (χ0) is 67.2. The van der Waals surface area contributed by atoms with Gasteiger partial charge in [0.2, 0.25) is 0 Å². The van der Waals surface area contributed by atoms with Gasteiger partial charge in [-0.05, 0) is 161 Å². The van der Waals surface area contributed by atoms with Crippen molar-refractivity contribution in [3.8, 4) is 0 Å². The molecule has 0 amide bonds. The third-order valence-corrected chi connectivity index (χ3v) is 48.4. The first kappa shape index (κ1) is 86.3. The van der Waals surface area contributed by atoms with Crippen molar-refractivity contribution in [1.29, 1.82) is 0 Å². The average Bonchev–Trinajstić information content (AvgIpc) is 1.81. The summed E-state index contributed by atoms with van der Waals surface area (Å²) in [6.07, 6.45) is 10.2. The van der Waals surface area contributed by atoms with Gasteiger partial charge in [0.25, 0.3) is 0 Å². The predicted octanol–water partition coefficient (Wildman–Crippen LogP) is 21.5. The van der Waals surface area contributed by atoms with E-state index in [2.05, 4.69) is 298 Å². The van der Waals surface area contributed by atoms with E-state index < -0.39 is 80.4 Å². The molecule has 0 aromatic heterocycles. The molecule has 1 N–H and O–H groups in total. The van der Waals surface area contributed by atoms with E-state index in [0.29, 0.717) is 6.42 Å². The Kier molecular flexibility index (Phi) is 35.2. The van der Waals surface area contributed by atoms with Gasteiger partial charge in [-0.2, -0.15) is 0 Å². The largest absolute Gasteiger partial charge is 0.411 e. The van der Waals surface area contributed by atoms with Gasteiger partial charge in [-0.15, -0.1) is 19.7 Å². The molecule has 0 aromatic rings. The minimum atomic E-state index is -2.28. The molecule has 12 atom stereocenters. The molecule has 0 unspecified atom stereocenters. The number of aliphatic hydroxyl groups is 1. The van der Waals surface area contributed by atoms with E-state index in [1.807, 2.05) is 10.2 Å². The van der Waals surface area contributed by atoms with E-state index in [-0.39, 0.29) is 72.8 Å². The fraction of sp³-hybridized carbons (Fsp3) is 0.881. The minimum absolute atomic E-state index is 0.0153. The van der Waals surface area contributed by atoms with Crippen molar-refractivity contribution in [3.05, 3.63) is 46.1 Å². The number of rotatable bonds is 22. The zero-order valence-electron chi connectivity index (χ0n) is 61.2. The molecule has 3 heterocycles. The highest BCUT2D eigenvalue weighted by Crippen LogP contribution is 2.49. The van der Waals surface area contributed by atoms with Crippen LogP contribution < -0.4 is 0 Å². The summed E-state index contributed by atoms with van der Waals surface area (Å²) in [7, 11) is -13.0. The normalized spacial score (nSPS) is 26.4. The number of unbranched alkanes of at least 4 members (excludes halogenated alkanes) is 1. The van der Waals surface area contributed by atoms with Gasteiger partial charge < -0.3 is 45.9 Å². The van der Waals surface area contributed by atoms with Crippen molar-refractivity contribution < 1.29 is 45.9 Å². The molecule has 0 spiro atoms. The van der Waals surface area contributed by atoms with Crippen molar-refractivity contribution in [1.82, 2.24) is 0 Å². The first-order valence-corrected chi connectivity index (χ1v) is 52.4. The van der Waals surface area contributed by atoms with Crippen molar-refractivity contribution >= 4 is 95.1 Å². The third-order valence-electron chi connectivity index (χ3n) is 20.7. The highest BCUT2D eigenvalue weighted by Gasteiger charge is 2.58. The molecule has 0 aromatic carbocycles. The summed E-state index contributed by atoms with van der Waals surface area (Å²) >= 11 is 4.60. The van der Waals surface area contributed by atoms with Crippen LogP contribution in [0.5, 0.6) is 0 Å².